The molecule has 2 saturated carbocycles. The van der Waals surface area contributed by atoms with E-state index in [1.54, 1.807) is 36.6 Å². The number of aromatic amines is 1. The molecule has 0 unspecified atom stereocenters. The number of piperazine rings is 1. The molecule has 4 aliphatic rings. The molecule has 76 heavy (non-hydrogen) atoms. The van der Waals surface area contributed by atoms with Crippen molar-refractivity contribution in [3.63, 3.8) is 0 Å². The maximum absolute atomic E-state index is 14.1. The number of ether oxygens (including phenoxy) is 2. The second-order valence-electron chi connectivity index (χ2n) is 22.1. The SMILES string of the molecule is COc1cc2nc(C)nc(N[C@H](C)c3cc(-c4c(Cl)cccc4CN(C)C)cs3)c2cc1C1CCC(C(=O)N2CCN(CC3CCC4(CC3)CCN(C(=O)c3ccc(OC)c(-n5ccc(=O)[nH]c5=O)c3)CC4)CC2)CC1. The van der Waals surface area contributed by atoms with Crippen LogP contribution in [0.4, 0.5) is 5.82 Å². The van der Waals surface area contributed by atoms with Crippen molar-refractivity contribution in [1.29, 1.82) is 0 Å². The van der Waals surface area contributed by atoms with Crippen molar-refractivity contribution in [3.05, 3.63) is 125 Å². The van der Waals surface area contributed by atoms with Crippen molar-refractivity contribution in [1.82, 2.24) is 39.1 Å². The van der Waals surface area contributed by atoms with Gasteiger partial charge in [-0.3, -0.25) is 28.8 Å². The van der Waals surface area contributed by atoms with Crippen LogP contribution in [0.1, 0.15) is 115 Å². The number of fused-ring (bicyclic) bond motifs is 1. The lowest BCUT2D eigenvalue weighted by Gasteiger charge is -2.47. The highest BCUT2D eigenvalue weighted by atomic mass is 35.5. The molecule has 3 aromatic carbocycles. The van der Waals surface area contributed by atoms with E-state index in [0.717, 1.165) is 122 Å². The van der Waals surface area contributed by atoms with Gasteiger partial charge in [0, 0.05) is 103 Å². The number of likely N-dealkylation sites (tertiary alicyclic amines) is 1. The molecule has 3 aromatic heterocycles. The van der Waals surface area contributed by atoms with Gasteiger partial charge in [-0.2, -0.15) is 0 Å². The minimum Gasteiger partial charge on any atom is -0.496 e. The number of aryl methyl sites for hydroxylation is 1. The summed E-state index contributed by atoms with van der Waals surface area (Å²) < 4.78 is 12.8. The van der Waals surface area contributed by atoms with E-state index in [2.05, 4.69) is 75.7 Å². The number of nitrogens with zero attached hydrogens (tertiary/aromatic N) is 7. The summed E-state index contributed by atoms with van der Waals surface area (Å²) in [7, 11) is 7.39. The maximum atomic E-state index is 14.1. The second kappa shape index (κ2) is 22.9. The number of anilines is 1. The average molecular weight is 1070 g/mol. The van der Waals surface area contributed by atoms with Gasteiger partial charge >= 0.3 is 5.69 Å². The zero-order valence-corrected chi connectivity index (χ0v) is 46.4. The first-order valence-corrected chi connectivity index (χ1v) is 28.4. The number of methoxy groups -OCH3 is 2. The fraction of sp³-hybridized carbons (Fsp3) is 0.492. The number of benzene rings is 3. The molecule has 2 aliphatic carbocycles. The van der Waals surface area contributed by atoms with Crippen molar-refractivity contribution in [2.45, 2.75) is 96.6 Å². The Morgan fingerprint density at radius 1 is 0.868 bits per heavy atom. The molecule has 15 nitrogen and oxygen atoms in total. The number of hydrogen-bond donors (Lipinski definition) is 2. The topological polar surface area (TPSA) is 158 Å². The highest BCUT2D eigenvalue weighted by Gasteiger charge is 2.40. The molecule has 402 valence electrons. The third kappa shape index (κ3) is 11.5. The van der Waals surface area contributed by atoms with Crippen LogP contribution in [-0.4, -0.2) is 125 Å². The summed E-state index contributed by atoms with van der Waals surface area (Å²) >= 11 is 8.53. The van der Waals surface area contributed by atoms with E-state index in [1.807, 2.05) is 24.0 Å². The summed E-state index contributed by atoms with van der Waals surface area (Å²) in [6.07, 6.45) is 11.7. The number of nitrogens with one attached hydrogen (secondary N) is 2. The standard InChI is InChI=1S/C59H72ClN9O6S/c1-37(52-31-44(36-76-52)54-43(35-65(3)4)8-7-9-47(54)60)61-55-46-32-45(51(75-6)33-48(46)62-38(2)63-55)40-10-12-41(13-11-40)56(71)68-28-26-66(27-29-68)34-39-16-19-59(20-17-39)21-24-67(25-22-59)57(72)42-14-15-50(74-5)49(30-42)69-23-18-53(70)64-58(69)73/h7-9,14-15,18,23,30-33,36-37,39-41H,10-13,16-17,19-22,24-29,34-35H2,1-6H3,(H,61,62,63)(H,64,70,73)/t37-,40?,41?/m1/s1. The van der Waals surface area contributed by atoms with E-state index in [0.29, 0.717) is 47.7 Å². The van der Waals surface area contributed by atoms with Gasteiger partial charge in [0.1, 0.15) is 23.1 Å². The molecule has 2 saturated heterocycles. The van der Waals surface area contributed by atoms with Crippen LogP contribution in [0.5, 0.6) is 11.5 Å². The van der Waals surface area contributed by atoms with Crippen LogP contribution in [-0.2, 0) is 11.3 Å². The van der Waals surface area contributed by atoms with Gasteiger partial charge in [0.25, 0.3) is 11.5 Å². The van der Waals surface area contributed by atoms with Crippen LogP contribution in [0.3, 0.4) is 0 Å². The van der Waals surface area contributed by atoms with Gasteiger partial charge in [-0.1, -0.05) is 23.7 Å². The molecule has 0 bridgehead atoms. The van der Waals surface area contributed by atoms with E-state index < -0.39 is 11.2 Å². The number of hydrogen-bond acceptors (Lipinski definition) is 12. The van der Waals surface area contributed by atoms with E-state index >= 15 is 0 Å². The Kier molecular flexibility index (Phi) is 16.0. The minimum atomic E-state index is -0.594. The largest absolute Gasteiger partial charge is 0.496 e. The van der Waals surface area contributed by atoms with Crippen molar-refractivity contribution >= 4 is 51.5 Å². The van der Waals surface area contributed by atoms with Crippen molar-refractivity contribution in [2.75, 3.05) is 79.4 Å². The smallest absolute Gasteiger partial charge is 0.333 e. The van der Waals surface area contributed by atoms with Gasteiger partial charge in [0.2, 0.25) is 5.91 Å². The number of piperidine rings is 1. The number of H-pyrrole nitrogens is 1. The van der Waals surface area contributed by atoms with Gasteiger partial charge in [-0.15, -0.1) is 11.3 Å². The van der Waals surface area contributed by atoms with E-state index in [-0.39, 0.29) is 29.2 Å². The highest BCUT2D eigenvalue weighted by molar-refractivity contribution is 7.10. The van der Waals surface area contributed by atoms with E-state index in [1.165, 1.54) is 60.1 Å². The predicted octanol–water partition coefficient (Wildman–Crippen LogP) is 9.94. The van der Waals surface area contributed by atoms with Gasteiger partial charge in [0.15, 0.2) is 0 Å². The first-order chi connectivity index (χ1) is 36.7. The highest BCUT2D eigenvalue weighted by Crippen LogP contribution is 2.47. The Bertz CT molecular complexity index is 3190. The Morgan fingerprint density at radius 2 is 1.61 bits per heavy atom. The predicted molar refractivity (Wildman–Crippen MR) is 301 cm³/mol. The summed E-state index contributed by atoms with van der Waals surface area (Å²) in [4.78, 5) is 74.2. The van der Waals surface area contributed by atoms with E-state index in [9.17, 15) is 19.2 Å². The van der Waals surface area contributed by atoms with Crippen LogP contribution in [0.25, 0.3) is 27.7 Å². The van der Waals surface area contributed by atoms with Crippen LogP contribution in [0.2, 0.25) is 5.02 Å². The fourth-order valence-electron chi connectivity index (χ4n) is 12.6. The zero-order chi connectivity index (χ0) is 53.3. The molecule has 10 rings (SSSR count). The third-order valence-electron chi connectivity index (χ3n) is 16.9. The molecule has 1 atom stereocenters. The summed E-state index contributed by atoms with van der Waals surface area (Å²) in [5.41, 5.74) is 5.47. The molecule has 1 spiro atoms. The molecule has 17 heteroatoms. The number of halogens is 1. The number of carbonyl (C=O) groups is 2. The first-order valence-electron chi connectivity index (χ1n) is 27.1. The number of aromatic nitrogens is 4. The summed E-state index contributed by atoms with van der Waals surface area (Å²) in [6.45, 7) is 10.8. The number of rotatable bonds is 14. The van der Waals surface area contributed by atoms with Gasteiger partial charge in [-0.25, -0.2) is 14.8 Å². The lowest BCUT2D eigenvalue weighted by atomic mass is 9.65. The molecule has 5 heterocycles. The molecular formula is C59H72ClN9O6S. The minimum absolute atomic E-state index is 0.0151. The molecule has 4 fully saturated rings. The first kappa shape index (κ1) is 53.3. The lowest BCUT2D eigenvalue weighted by Crippen LogP contribution is -2.52. The summed E-state index contributed by atoms with van der Waals surface area (Å²) in [5.74, 6) is 3.96. The van der Waals surface area contributed by atoms with E-state index in [4.69, 9.17) is 31.0 Å². The van der Waals surface area contributed by atoms with Crippen LogP contribution in [0.15, 0.2) is 81.8 Å². The quantitative estimate of drug-likeness (QED) is 0.107. The zero-order valence-electron chi connectivity index (χ0n) is 44.8. The van der Waals surface area contributed by atoms with Crippen LogP contribution in [0, 0.1) is 24.2 Å². The van der Waals surface area contributed by atoms with Crippen molar-refractivity contribution in [3.8, 4) is 28.3 Å². The average Bonchev–Trinajstić information content (AvgIpc) is 3.92. The van der Waals surface area contributed by atoms with Gasteiger partial charge < -0.3 is 29.5 Å². The Balaban J connectivity index is 0.694. The monoisotopic (exact) mass is 1070 g/mol. The Hall–Kier alpha value is -6.07. The Labute approximate surface area is 454 Å². The van der Waals surface area contributed by atoms with Crippen molar-refractivity contribution in [2.24, 2.45) is 17.3 Å². The normalized spacial score (nSPS) is 19.8. The molecule has 0 radical (unpaired) electrons. The van der Waals surface area contributed by atoms with Gasteiger partial charge in [-0.05, 0) is 168 Å². The summed E-state index contributed by atoms with van der Waals surface area (Å²) in [6, 6.07) is 19.0. The summed E-state index contributed by atoms with van der Waals surface area (Å²) in [5, 5.41) is 7.67. The van der Waals surface area contributed by atoms with Crippen LogP contribution >= 0.6 is 22.9 Å². The Morgan fingerprint density at radius 3 is 2.30 bits per heavy atom. The molecule has 2 amide bonds. The molecule has 2 N–H and O–H groups in total. The third-order valence-corrected chi connectivity index (χ3v) is 18.4. The number of carbonyl (C=O) groups excluding carboxylic acids is 2. The van der Waals surface area contributed by atoms with Crippen molar-refractivity contribution < 1.29 is 19.1 Å². The molecular weight excluding hydrogens is 998 g/mol. The second-order valence-corrected chi connectivity index (χ2v) is 23.5. The molecule has 2 aliphatic heterocycles. The lowest BCUT2D eigenvalue weighted by molar-refractivity contribution is -0.138. The van der Waals surface area contributed by atoms with Gasteiger partial charge in [0.05, 0.1) is 31.5 Å². The molecule has 6 aromatic rings. The fourth-order valence-corrected chi connectivity index (χ4v) is 13.8. The van der Waals surface area contributed by atoms with Crippen LogP contribution < -0.4 is 26.0 Å². The maximum Gasteiger partial charge on any atom is 0.333 e. The number of amides is 2. The number of thiophene rings is 1.